The highest BCUT2D eigenvalue weighted by Crippen LogP contribution is 2.32. The van der Waals surface area contributed by atoms with Crippen LogP contribution in [0.2, 0.25) is 0 Å². The molecule has 0 amide bonds. The van der Waals surface area contributed by atoms with Crippen LogP contribution in [0.3, 0.4) is 0 Å². The molecule has 2 rings (SSSR count). The van der Waals surface area contributed by atoms with Gasteiger partial charge in [-0.25, -0.2) is 4.79 Å². The lowest BCUT2D eigenvalue weighted by atomic mass is 10.1. The topological polar surface area (TPSA) is 53.4 Å². The summed E-state index contributed by atoms with van der Waals surface area (Å²) in [6.07, 6.45) is 0.933. The number of carbonyl (C=O) groups excluding carboxylic acids is 1. The summed E-state index contributed by atoms with van der Waals surface area (Å²) in [4.78, 5) is 12.1. The quantitative estimate of drug-likeness (QED) is 0.758. The lowest BCUT2D eigenvalue weighted by Crippen LogP contribution is -2.20. The van der Waals surface area contributed by atoms with Gasteiger partial charge in [0.05, 0.1) is 28.7 Å². The van der Waals surface area contributed by atoms with Gasteiger partial charge in [0, 0.05) is 5.56 Å². The summed E-state index contributed by atoms with van der Waals surface area (Å²) in [6.45, 7) is 3.60. The van der Waals surface area contributed by atoms with Crippen LogP contribution >= 0.6 is 22.6 Å². The maximum Gasteiger partial charge on any atom is 0.435 e. The van der Waals surface area contributed by atoms with Crippen LogP contribution in [0.4, 0.5) is 4.79 Å². The Kier molecular flexibility index (Phi) is 4.64. The number of para-hydroxylation sites is 1. The molecule has 6 heteroatoms. The average Bonchev–Trinajstić information content (AvgIpc) is 2.79. The number of hydrogen-bond acceptors (Lipinski definition) is 4. The van der Waals surface area contributed by atoms with E-state index in [1.807, 2.05) is 24.3 Å². The van der Waals surface area contributed by atoms with Gasteiger partial charge < -0.3 is 9.47 Å². The molecule has 0 aliphatic rings. The molecule has 0 spiro atoms. The number of methoxy groups -OCH3 is 1. The van der Waals surface area contributed by atoms with Gasteiger partial charge in [0.15, 0.2) is 0 Å². The zero-order chi connectivity index (χ0) is 14.7. The molecule has 2 aromatic rings. The van der Waals surface area contributed by atoms with Crippen molar-refractivity contribution in [2.24, 2.45) is 0 Å². The van der Waals surface area contributed by atoms with Crippen molar-refractivity contribution in [2.75, 3.05) is 7.11 Å². The van der Waals surface area contributed by atoms with E-state index in [4.69, 9.17) is 9.47 Å². The molecule has 0 bridgehead atoms. The lowest BCUT2D eigenvalue weighted by Gasteiger charge is -2.12. The second-order valence-electron chi connectivity index (χ2n) is 4.39. The number of rotatable bonds is 3. The minimum absolute atomic E-state index is 0.199. The molecule has 0 N–H and O–H groups in total. The normalized spacial score (nSPS) is 10.7. The van der Waals surface area contributed by atoms with Crippen LogP contribution in [0.15, 0.2) is 30.5 Å². The third kappa shape index (κ3) is 2.95. The standard InChI is InChI=1S/C14H15IN2O3/c1-9(2)20-14(18)17-13(11(15)8-16-17)10-6-4-5-7-12(10)19-3/h4-9H,1-3H3. The first-order chi connectivity index (χ1) is 9.54. The first-order valence-corrected chi connectivity index (χ1v) is 7.20. The van der Waals surface area contributed by atoms with Crippen LogP contribution < -0.4 is 4.74 Å². The summed E-state index contributed by atoms with van der Waals surface area (Å²) in [6, 6.07) is 7.50. The summed E-state index contributed by atoms with van der Waals surface area (Å²) < 4.78 is 12.7. The first-order valence-electron chi connectivity index (χ1n) is 6.12. The second kappa shape index (κ2) is 6.25. The predicted molar refractivity (Wildman–Crippen MR) is 83.9 cm³/mol. The third-order valence-corrected chi connectivity index (χ3v) is 3.39. The van der Waals surface area contributed by atoms with Crippen molar-refractivity contribution >= 4 is 28.7 Å². The van der Waals surface area contributed by atoms with Crippen LogP contribution in [0.1, 0.15) is 13.8 Å². The van der Waals surface area contributed by atoms with E-state index in [0.717, 1.165) is 9.13 Å². The summed E-state index contributed by atoms with van der Waals surface area (Å²) in [5.41, 5.74) is 1.48. The van der Waals surface area contributed by atoms with Crippen LogP contribution in [-0.4, -0.2) is 29.1 Å². The highest BCUT2D eigenvalue weighted by Gasteiger charge is 2.21. The number of hydrogen-bond donors (Lipinski definition) is 0. The van der Waals surface area contributed by atoms with Crippen molar-refractivity contribution < 1.29 is 14.3 Å². The fourth-order valence-electron chi connectivity index (χ4n) is 1.80. The number of aromatic nitrogens is 2. The molecule has 1 aromatic carbocycles. The van der Waals surface area contributed by atoms with Crippen molar-refractivity contribution in [3.05, 3.63) is 34.0 Å². The molecule has 0 aliphatic carbocycles. The van der Waals surface area contributed by atoms with Crippen LogP contribution in [0, 0.1) is 3.57 Å². The number of carbonyl (C=O) groups is 1. The predicted octanol–water partition coefficient (Wildman–Crippen LogP) is 3.56. The first kappa shape index (κ1) is 14.8. The Morgan fingerprint density at radius 3 is 2.70 bits per heavy atom. The molecule has 0 aliphatic heterocycles. The summed E-state index contributed by atoms with van der Waals surface area (Å²) in [5.74, 6) is 0.685. The minimum atomic E-state index is -0.496. The summed E-state index contributed by atoms with van der Waals surface area (Å²) >= 11 is 2.14. The van der Waals surface area contributed by atoms with Gasteiger partial charge in [-0.05, 0) is 48.6 Å². The Morgan fingerprint density at radius 2 is 2.05 bits per heavy atom. The Morgan fingerprint density at radius 1 is 1.35 bits per heavy atom. The highest BCUT2D eigenvalue weighted by atomic mass is 127. The number of nitrogens with zero attached hydrogens (tertiary/aromatic N) is 2. The van der Waals surface area contributed by atoms with E-state index in [2.05, 4.69) is 27.7 Å². The molecule has 0 radical (unpaired) electrons. The molecule has 20 heavy (non-hydrogen) atoms. The largest absolute Gasteiger partial charge is 0.496 e. The zero-order valence-corrected chi connectivity index (χ0v) is 13.6. The molecule has 1 aromatic heterocycles. The summed E-state index contributed by atoms with van der Waals surface area (Å²) in [7, 11) is 1.60. The number of ether oxygens (including phenoxy) is 2. The van der Waals surface area contributed by atoms with Crippen molar-refractivity contribution in [3.63, 3.8) is 0 Å². The average molecular weight is 386 g/mol. The fourth-order valence-corrected chi connectivity index (χ4v) is 2.45. The fraction of sp³-hybridized carbons (Fsp3) is 0.286. The van der Waals surface area contributed by atoms with Crippen molar-refractivity contribution in [1.29, 1.82) is 0 Å². The van der Waals surface area contributed by atoms with Crippen molar-refractivity contribution in [2.45, 2.75) is 20.0 Å². The van der Waals surface area contributed by atoms with Crippen molar-refractivity contribution in [1.82, 2.24) is 9.78 Å². The SMILES string of the molecule is COc1ccccc1-c1c(I)cnn1C(=O)OC(C)C. The van der Waals surface area contributed by atoms with Gasteiger partial charge >= 0.3 is 6.09 Å². The molecule has 0 saturated heterocycles. The Bertz CT molecular complexity index is 623. The Balaban J connectivity index is 2.51. The molecular formula is C14H15IN2O3. The smallest absolute Gasteiger partial charge is 0.435 e. The van der Waals surface area contributed by atoms with E-state index in [1.165, 1.54) is 4.68 Å². The molecule has 0 fully saturated rings. The highest BCUT2D eigenvalue weighted by molar-refractivity contribution is 14.1. The number of halogens is 1. The Labute approximate surface area is 131 Å². The Hall–Kier alpha value is -1.57. The van der Waals surface area contributed by atoms with Gasteiger partial charge in [0.2, 0.25) is 0 Å². The van der Waals surface area contributed by atoms with Crippen LogP contribution in [0.5, 0.6) is 5.75 Å². The second-order valence-corrected chi connectivity index (χ2v) is 5.55. The van der Waals surface area contributed by atoms with Gasteiger partial charge in [-0.1, -0.05) is 12.1 Å². The maximum absolute atomic E-state index is 12.1. The zero-order valence-electron chi connectivity index (χ0n) is 11.5. The van der Waals surface area contributed by atoms with Crippen LogP contribution in [0.25, 0.3) is 11.3 Å². The summed E-state index contributed by atoms with van der Waals surface area (Å²) in [5, 5.41) is 4.10. The van der Waals surface area contributed by atoms with Gasteiger partial charge in [-0.3, -0.25) is 0 Å². The molecule has 1 heterocycles. The van der Waals surface area contributed by atoms with Gasteiger partial charge in [0.1, 0.15) is 5.75 Å². The van der Waals surface area contributed by atoms with E-state index in [0.29, 0.717) is 11.4 Å². The van der Waals surface area contributed by atoms with E-state index >= 15 is 0 Å². The van der Waals surface area contributed by atoms with Crippen LogP contribution in [-0.2, 0) is 4.74 Å². The molecule has 0 unspecified atom stereocenters. The maximum atomic E-state index is 12.1. The van der Waals surface area contributed by atoms with E-state index < -0.39 is 6.09 Å². The number of benzene rings is 1. The van der Waals surface area contributed by atoms with E-state index in [9.17, 15) is 4.79 Å². The van der Waals surface area contributed by atoms with E-state index in [1.54, 1.807) is 27.2 Å². The monoisotopic (exact) mass is 386 g/mol. The molecule has 5 nitrogen and oxygen atoms in total. The van der Waals surface area contributed by atoms with Gasteiger partial charge in [-0.15, -0.1) is 0 Å². The third-order valence-electron chi connectivity index (χ3n) is 2.60. The van der Waals surface area contributed by atoms with Gasteiger partial charge in [-0.2, -0.15) is 9.78 Å². The molecular weight excluding hydrogens is 371 g/mol. The minimum Gasteiger partial charge on any atom is -0.496 e. The van der Waals surface area contributed by atoms with E-state index in [-0.39, 0.29) is 6.10 Å². The lowest BCUT2D eigenvalue weighted by molar-refractivity contribution is 0.114. The molecule has 0 saturated carbocycles. The van der Waals surface area contributed by atoms with Gasteiger partial charge in [0.25, 0.3) is 0 Å². The molecule has 0 atom stereocenters. The molecule has 106 valence electrons. The van der Waals surface area contributed by atoms with Crippen molar-refractivity contribution in [3.8, 4) is 17.0 Å².